The summed E-state index contributed by atoms with van der Waals surface area (Å²) >= 11 is 0. The van der Waals surface area contributed by atoms with E-state index >= 15 is 0 Å². The summed E-state index contributed by atoms with van der Waals surface area (Å²) < 4.78 is 0. The van der Waals surface area contributed by atoms with Crippen molar-refractivity contribution in [1.29, 1.82) is 0 Å². The molecule has 0 fully saturated rings. The van der Waals surface area contributed by atoms with Crippen molar-refractivity contribution < 1.29 is 10.2 Å². The zero-order valence-electron chi connectivity index (χ0n) is 10.7. The summed E-state index contributed by atoms with van der Waals surface area (Å²) in [7, 11) is 0. The number of benzene rings is 1. The molecule has 0 saturated carbocycles. The van der Waals surface area contributed by atoms with Gasteiger partial charge < -0.3 is 15.5 Å². The Bertz CT molecular complexity index is 311. The number of hydrogen-bond donors (Lipinski definition) is 3. The van der Waals surface area contributed by atoms with E-state index in [1.165, 1.54) is 0 Å². The quantitative estimate of drug-likeness (QED) is 0.676. The molecule has 17 heavy (non-hydrogen) atoms. The van der Waals surface area contributed by atoms with Crippen molar-refractivity contribution in [2.75, 3.05) is 13.2 Å². The largest absolute Gasteiger partial charge is 0.396 e. The second kappa shape index (κ2) is 6.74. The highest BCUT2D eigenvalue weighted by Gasteiger charge is 2.22. The molecule has 0 aliphatic carbocycles. The van der Waals surface area contributed by atoms with E-state index in [0.29, 0.717) is 12.6 Å². The molecule has 0 spiro atoms. The minimum atomic E-state index is -0.852. The minimum Gasteiger partial charge on any atom is -0.396 e. The zero-order valence-corrected chi connectivity index (χ0v) is 10.7. The minimum absolute atomic E-state index is 0.223. The molecule has 1 aromatic rings. The number of rotatable bonds is 7. The molecule has 1 aromatic carbocycles. The van der Waals surface area contributed by atoms with E-state index in [0.717, 1.165) is 18.4 Å². The van der Waals surface area contributed by atoms with Gasteiger partial charge in [0.05, 0.1) is 5.60 Å². The zero-order chi connectivity index (χ0) is 12.7. The van der Waals surface area contributed by atoms with Crippen LogP contribution in [0.1, 0.15) is 32.3 Å². The molecule has 0 aliphatic rings. The third kappa shape index (κ3) is 4.86. The van der Waals surface area contributed by atoms with Crippen LogP contribution in [0.3, 0.4) is 0 Å². The maximum atomic E-state index is 10.3. The van der Waals surface area contributed by atoms with Gasteiger partial charge in [-0.3, -0.25) is 0 Å². The first-order valence-corrected chi connectivity index (χ1v) is 6.18. The third-order valence-electron chi connectivity index (χ3n) is 2.99. The van der Waals surface area contributed by atoms with Crippen LogP contribution in [-0.4, -0.2) is 29.4 Å². The van der Waals surface area contributed by atoms with Crippen molar-refractivity contribution in [3.05, 3.63) is 35.9 Å². The van der Waals surface area contributed by atoms with Crippen LogP contribution in [0.25, 0.3) is 0 Å². The Hall–Kier alpha value is -0.900. The number of aliphatic hydroxyl groups is 2. The van der Waals surface area contributed by atoms with Crippen molar-refractivity contribution in [1.82, 2.24) is 5.32 Å². The van der Waals surface area contributed by atoms with Crippen molar-refractivity contribution in [3.8, 4) is 0 Å². The Morgan fingerprint density at radius 2 is 1.94 bits per heavy atom. The average Bonchev–Trinajstić information content (AvgIpc) is 2.35. The van der Waals surface area contributed by atoms with E-state index in [1.807, 2.05) is 37.3 Å². The first-order valence-electron chi connectivity index (χ1n) is 6.18. The van der Waals surface area contributed by atoms with Crippen molar-refractivity contribution in [3.63, 3.8) is 0 Å². The summed E-state index contributed by atoms with van der Waals surface area (Å²) in [5.74, 6) is 0. The standard InChI is InChI=1S/C14H23NO2/c1-12(7-6-10-16)15-11-14(2,17)13-8-4-3-5-9-13/h3-5,8-9,12,15-17H,6-7,10-11H2,1-2H3. The highest BCUT2D eigenvalue weighted by molar-refractivity contribution is 5.21. The molecule has 3 N–H and O–H groups in total. The maximum Gasteiger partial charge on any atom is 0.0992 e. The first kappa shape index (κ1) is 14.2. The fourth-order valence-electron chi connectivity index (χ4n) is 1.77. The SMILES string of the molecule is CC(CCCO)NCC(C)(O)c1ccccc1. The van der Waals surface area contributed by atoms with Crippen LogP contribution in [0.2, 0.25) is 0 Å². The summed E-state index contributed by atoms with van der Waals surface area (Å²) in [5, 5.41) is 22.4. The van der Waals surface area contributed by atoms with Gasteiger partial charge in [0, 0.05) is 19.2 Å². The second-order valence-corrected chi connectivity index (χ2v) is 4.79. The number of hydrogen-bond acceptors (Lipinski definition) is 3. The molecule has 2 atom stereocenters. The first-order chi connectivity index (χ1) is 8.06. The Kier molecular flexibility index (Phi) is 5.62. The fourth-order valence-corrected chi connectivity index (χ4v) is 1.77. The Morgan fingerprint density at radius 3 is 2.53 bits per heavy atom. The summed E-state index contributed by atoms with van der Waals surface area (Å²) in [6, 6.07) is 9.96. The van der Waals surface area contributed by atoms with Gasteiger partial charge in [0.25, 0.3) is 0 Å². The lowest BCUT2D eigenvalue weighted by atomic mass is 9.95. The van der Waals surface area contributed by atoms with Crippen LogP contribution >= 0.6 is 0 Å². The highest BCUT2D eigenvalue weighted by atomic mass is 16.3. The van der Waals surface area contributed by atoms with Gasteiger partial charge in [-0.2, -0.15) is 0 Å². The van der Waals surface area contributed by atoms with Gasteiger partial charge in [-0.1, -0.05) is 30.3 Å². The second-order valence-electron chi connectivity index (χ2n) is 4.79. The summed E-state index contributed by atoms with van der Waals surface area (Å²) in [5.41, 5.74) is 0.0659. The van der Waals surface area contributed by atoms with Crippen molar-refractivity contribution in [2.24, 2.45) is 0 Å². The van der Waals surface area contributed by atoms with Gasteiger partial charge >= 0.3 is 0 Å². The molecule has 0 bridgehead atoms. The van der Waals surface area contributed by atoms with Crippen LogP contribution < -0.4 is 5.32 Å². The molecule has 1 rings (SSSR count). The van der Waals surface area contributed by atoms with Gasteiger partial charge in [-0.05, 0) is 32.3 Å². The Morgan fingerprint density at radius 1 is 1.29 bits per heavy atom. The van der Waals surface area contributed by atoms with Crippen LogP contribution in [-0.2, 0) is 5.60 Å². The molecule has 3 nitrogen and oxygen atoms in total. The molecule has 0 amide bonds. The predicted molar refractivity (Wildman–Crippen MR) is 69.8 cm³/mol. The average molecular weight is 237 g/mol. The molecule has 2 unspecified atom stereocenters. The van der Waals surface area contributed by atoms with E-state index in [1.54, 1.807) is 0 Å². The molecule has 96 valence electrons. The van der Waals surface area contributed by atoms with Crippen molar-refractivity contribution in [2.45, 2.75) is 38.3 Å². The molecule has 0 aliphatic heterocycles. The van der Waals surface area contributed by atoms with Gasteiger partial charge in [-0.25, -0.2) is 0 Å². The van der Waals surface area contributed by atoms with Crippen LogP contribution in [0, 0.1) is 0 Å². The summed E-state index contributed by atoms with van der Waals surface area (Å²) in [6.07, 6.45) is 1.71. The lowest BCUT2D eigenvalue weighted by molar-refractivity contribution is 0.0539. The lowest BCUT2D eigenvalue weighted by Gasteiger charge is -2.26. The van der Waals surface area contributed by atoms with E-state index in [9.17, 15) is 5.11 Å². The van der Waals surface area contributed by atoms with Crippen molar-refractivity contribution >= 4 is 0 Å². The lowest BCUT2D eigenvalue weighted by Crippen LogP contribution is -2.39. The van der Waals surface area contributed by atoms with E-state index in [4.69, 9.17) is 5.11 Å². The Balaban J connectivity index is 2.45. The highest BCUT2D eigenvalue weighted by Crippen LogP contribution is 2.19. The molecule has 0 aromatic heterocycles. The monoisotopic (exact) mass is 237 g/mol. The molecular weight excluding hydrogens is 214 g/mol. The van der Waals surface area contributed by atoms with E-state index < -0.39 is 5.60 Å². The number of aliphatic hydroxyl groups excluding tert-OH is 1. The predicted octanol–water partition coefficient (Wildman–Crippen LogP) is 1.64. The topological polar surface area (TPSA) is 52.5 Å². The smallest absolute Gasteiger partial charge is 0.0992 e. The Labute approximate surface area is 103 Å². The van der Waals surface area contributed by atoms with Gasteiger partial charge in [-0.15, -0.1) is 0 Å². The van der Waals surface area contributed by atoms with E-state index in [2.05, 4.69) is 12.2 Å². The van der Waals surface area contributed by atoms with Gasteiger partial charge in [0.2, 0.25) is 0 Å². The summed E-state index contributed by atoms with van der Waals surface area (Å²) in [4.78, 5) is 0. The molecule has 0 radical (unpaired) electrons. The normalized spacial score (nSPS) is 16.5. The van der Waals surface area contributed by atoms with Crippen LogP contribution in [0.15, 0.2) is 30.3 Å². The molecule has 0 heterocycles. The third-order valence-corrected chi connectivity index (χ3v) is 2.99. The molecule has 0 saturated heterocycles. The van der Waals surface area contributed by atoms with E-state index in [-0.39, 0.29) is 6.61 Å². The molecule has 3 heteroatoms. The maximum absolute atomic E-state index is 10.3. The number of nitrogens with one attached hydrogen (secondary N) is 1. The van der Waals surface area contributed by atoms with Crippen LogP contribution in [0.5, 0.6) is 0 Å². The van der Waals surface area contributed by atoms with Gasteiger partial charge in [0.1, 0.15) is 0 Å². The van der Waals surface area contributed by atoms with Crippen LogP contribution in [0.4, 0.5) is 0 Å². The molecular formula is C14H23NO2. The van der Waals surface area contributed by atoms with Gasteiger partial charge in [0.15, 0.2) is 0 Å². The summed E-state index contributed by atoms with van der Waals surface area (Å²) in [6.45, 7) is 4.62. The fraction of sp³-hybridized carbons (Fsp3) is 0.571.